The van der Waals surface area contributed by atoms with E-state index in [1.165, 1.54) is 0 Å². The van der Waals surface area contributed by atoms with E-state index in [0.29, 0.717) is 18.8 Å². The van der Waals surface area contributed by atoms with Gasteiger partial charge in [0.05, 0.1) is 17.9 Å². The number of hydrogen-bond donors (Lipinski definition) is 1. The Labute approximate surface area is 275 Å². The normalized spacial score (nSPS) is 11.6. The molecule has 3 aromatic rings. The van der Waals surface area contributed by atoms with Gasteiger partial charge in [-0.1, -0.05) is 97.0 Å². The Morgan fingerprint density at radius 1 is 0.895 bits per heavy atom. The molecule has 206 valence electrons. The average Bonchev–Trinajstić information content (AvgIpc) is 3.22. The molecule has 0 atom stereocenters. The van der Waals surface area contributed by atoms with Crippen molar-refractivity contribution in [2.75, 3.05) is 19.6 Å². The van der Waals surface area contributed by atoms with Crippen molar-refractivity contribution in [2.24, 2.45) is 5.92 Å². The van der Waals surface area contributed by atoms with Crippen LogP contribution in [0.4, 0.5) is 0 Å². The largest absolute Gasteiger partial charge is 1.00 e. The van der Waals surface area contributed by atoms with Gasteiger partial charge in [0.1, 0.15) is 0 Å². The summed E-state index contributed by atoms with van der Waals surface area (Å²) in [5.41, 5.74) is 3.03. The molecule has 0 aliphatic carbocycles. The van der Waals surface area contributed by atoms with Crippen LogP contribution in [0.3, 0.4) is 0 Å². The summed E-state index contributed by atoms with van der Waals surface area (Å²) in [5.74, 6) is 0.477. The molecule has 6 nitrogen and oxygen atoms in total. The zero-order valence-corrected chi connectivity index (χ0v) is 28.5. The molecule has 2 heterocycles. The van der Waals surface area contributed by atoms with Crippen LogP contribution in [0, 0.1) is 20.8 Å². The minimum atomic E-state index is -0.223. The Hall–Kier alpha value is -1.77. The minimum Gasteiger partial charge on any atom is -0.358 e. The second-order valence-electron chi connectivity index (χ2n) is 8.19. The first kappa shape index (κ1) is 40.7. The summed E-state index contributed by atoms with van der Waals surface area (Å²) < 4.78 is 1.78. The van der Waals surface area contributed by atoms with Crippen molar-refractivity contribution < 1.29 is 61.0 Å². The fraction of sp³-hybridized carbons (Fsp3) is 0.387. The van der Waals surface area contributed by atoms with E-state index in [0.717, 1.165) is 29.3 Å². The van der Waals surface area contributed by atoms with Crippen molar-refractivity contribution in [2.45, 2.75) is 54.9 Å². The third kappa shape index (κ3) is 13.3. The maximum atomic E-state index is 13.0. The summed E-state index contributed by atoms with van der Waals surface area (Å²) in [7, 11) is 0. The number of para-hydroxylation sites is 1. The van der Waals surface area contributed by atoms with Crippen LogP contribution < -0.4 is 56.7 Å². The van der Waals surface area contributed by atoms with E-state index in [-0.39, 0.29) is 84.6 Å². The van der Waals surface area contributed by atoms with E-state index >= 15 is 0 Å². The number of nitrogens with one attached hydrogen (secondary N) is 1. The molecule has 7 heteroatoms. The molecule has 1 aliphatic rings. The molecule has 1 N–H and O–H groups in total. The number of rotatable bonds is 3. The van der Waals surface area contributed by atoms with E-state index in [2.05, 4.69) is 31.2 Å². The van der Waals surface area contributed by atoms with Crippen molar-refractivity contribution in [3.05, 3.63) is 87.3 Å². The fourth-order valence-corrected chi connectivity index (χ4v) is 3.21. The van der Waals surface area contributed by atoms with Crippen molar-refractivity contribution in [3.63, 3.8) is 0 Å². The number of aromatic nitrogens is 2. The van der Waals surface area contributed by atoms with Crippen molar-refractivity contribution in [1.82, 2.24) is 20.0 Å². The smallest absolute Gasteiger partial charge is 0.358 e. The first-order valence-corrected chi connectivity index (χ1v) is 12.7. The third-order valence-electron chi connectivity index (χ3n) is 4.55. The van der Waals surface area contributed by atoms with Gasteiger partial charge in [-0.3, -0.25) is 9.59 Å². The summed E-state index contributed by atoms with van der Waals surface area (Å²) in [5, 5.41) is 7.37. The molecule has 1 fully saturated rings. The quantitative estimate of drug-likeness (QED) is 0.396. The predicted molar refractivity (Wildman–Crippen MR) is 159 cm³/mol. The summed E-state index contributed by atoms with van der Waals surface area (Å²) in [6.07, 6.45) is 0.739. The monoisotopic (exact) mass is 547 g/mol. The molecule has 0 saturated carbocycles. The first-order chi connectivity index (χ1) is 17.0. The Morgan fingerprint density at radius 2 is 1.39 bits per heavy atom. The molecule has 1 aliphatic heterocycles. The van der Waals surface area contributed by atoms with Gasteiger partial charge in [0.25, 0.3) is 5.91 Å². The van der Waals surface area contributed by atoms with Gasteiger partial charge < -0.3 is 25.1 Å². The van der Waals surface area contributed by atoms with Gasteiger partial charge in [-0.25, -0.2) is 4.68 Å². The van der Waals surface area contributed by atoms with Crippen LogP contribution in [0.5, 0.6) is 0 Å². The molecule has 0 bridgehead atoms. The number of hydrogen-bond acceptors (Lipinski definition) is 3. The van der Waals surface area contributed by atoms with E-state index in [1.54, 1.807) is 15.6 Å². The third-order valence-corrected chi connectivity index (χ3v) is 4.55. The summed E-state index contributed by atoms with van der Waals surface area (Å²) >= 11 is 0. The Kier molecular flexibility index (Phi) is 24.8. The predicted octanol–water partition coefficient (Wildman–Crippen LogP) is 4.12. The molecule has 0 unspecified atom stereocenters. The summed E-state index contributed by atoms with van der Waals surface area (Å²) in [6, 6.07) is 21.4. The Balaban J connectivity index is -0.00000100. The molecular weight excluding hydrogens is 499 g/mol. The zero-order chi connectivity index (χ0) is 26.2. The molecule has 2 amide bonds. The topological polar surface area (TPSA) is 67.2 Å². The molecule has 38 heavy (non-hydrogen) atoms. The van der Waals surface area contributed by atoms with E-state index in [1.807, 2.05) is 88.4 Å². The number of benzene rings is 2. The van der Waals surface area contributed by atoms with Gasteiger partial charge in [-0.2, -0.15) is 5.10 Å². The Bertz CT molecular complexity index is 945. The van der Waals surface area contributed by atoms with E-state index in [9.17, 15) is 9.59 Å². The van der Waals surface area contributed by atoms with Crippen molar-refractivity contribution in [3.8, 4) is 16.9 Å². The molecule has 0 radical (unpaired) electrons. The number of amides is 2. The molecular formula is C31H48KN4O2-. The van der Waals surface area contributed by atoms with Gasteiger partial charge in [0.2, 0.25) is 5.91 Å². The number of carbonyl (C=O) groups excluding carboxylic acids is 2. The van der Waals surface area contributed by atoms with E-state index in [4.69, 9.17) is 0 Å². The van der Waals surface area contributed by atoms with Crippen LogP contribution in [0.1, 0.15) is 65.4 Å². The van der Waals surface area contributed by atoms with Crippen LogP contribution >= 0.6 is 0 Å². The van der Waals surface area contributed by atoms with Crippen molar-refractivity contribution >= 4 is 11.8 Å². The number of carbonyl (C=O) groups is 2. The van der Waals surface area contributed by atoms with Crippen LogP contribution in [-0.2, 0) is 4.79 Å². The summed E-state index contributed by atoms with van der Waals surface area (Å²) in [6.45, 7) is 15.7. The average molecular weight is 548 g/mol. The minimum absolute atomic E-state index is 0. The molecule has 1 saturated heterocycles. The van der Waals surface area contributed by atoms with Gasteiger partial charge in [0, 0.05) is 18.7 Å². The molecule has 4 rings (SSSR count). The van der Waals surface area contributed by atoms with Gasteiger partial charge in [-0.05, 0) is 30.5 Å². The first-order valence-electron chi connectivity index (χ1n) is 12.7. The Morgan fingerprint density at radius 3 is 1.92 bits per heavy atom. The maximum absolute atomic E-state index is 13.0. The number of nitrogens with zero attached hydrogens (tertiary/aromatic N) is 3. The molecule has 1 aromatic heterocycles. The molecule has 0 spiro atoms. The second-order valence-corrected chi connectivity index (χ2v) is 8.19. The maximum Gasteiger partial charge on any atom is 1.00 e. The summed E-state index contributed by atoms with van der Waals surface area (Å²) in [4.78, 5) is 26.4. The standard InChI is InChI=1S/C21H20N4O2.C4H10.2C2H6.2CH3.K/c26-20-15-24(13-7-12-22-20)21(27)18-14-19(16-8-3-1-4-9-16)25(23-18)17-10-5-2-6-11-17;1-4(2)3;2*1-2;;;/h1-6,8-11,14H,7,12-13,15H2,(H,22,26);4H,1-3H3;2*1-2H3;2*1H3;/q;;;;2*-1;+1. The van der Waals surface area contributed by atoms with Gasteiger partial charge in [0.15, 0.2) is 5.69 Å². The van der Waals surface area contributed by atoms with E-state index < -0.39 is 0 Å². The van der Waals surface area contributed by atoms with Crippen LogP contribution in [-0.4, -0.2) is 46.1 Å². The van der Waals surface area contributed by atoms with Crippen LogP contribution in [0.25, 0.3) is 16.9 Å². The van der Waals surface area contributed by atoms with Crippen molar-refractivity contribution in [1.29, 1.82) is 0 Å². The second kappa shape index (κ2) is 23.1. The van der Waals surface area contributed by atoms with Crippen LogP contribution in [0.2, 0.25) is 0 Å². The molecule has 2 aromatic carbocycles. The SMILES string of the molecule is CC.CC.CC(C)C.O=C1CN(C(=O)c2cc(-c3ccccc3)n(-c3ccccc3)n2)CCCN1.[CH3-].[CH3-].[K+]. The van der Waals surface area contributed by atoms with Gasteiger partial charge >= 0.3 is 51.4 Å². The van der Waals surface area contributed by atoms with Gasteiger partial charge in [-0.15, -0.1) is 0 Å². The zero-order valence-electron chi connectivity index (χ0n) is 25.4. The fourth-order valence-electron chi connectivity index (χ4n) is 3.21. The van der Waals surface area contributed by atoms with Crippen LogP contribution in [0.15, 0.2) is 66.7 Å².